The molecule has 0 fully saturated rings. The van der Waals surface area contributed by atoms with Crippen molar-refractivity contribution in [3.63, 3.8) is 0 Å². The molecular weight excluding hydrogens is 298 g/mol. The summed E-state index contributed by atoms with van der Waals surface area (Å²) in [5.41, 5.74) is 0. The van der Waals surface area contributed by atoms with Crippen LogP contribution in [0.25, 0.3) is 0 Å². The summed E-state index contributed by atoms with van der Waals surface area (Å²) in [6, 6.07) is 0. The number of hydrogen-bond acceptors (Lipinski definition) is 1. The van der Waals surface area contributed by atoms with Gasteiger partial charge in [0.15, 0.2) is 0 Å². The maximum atomic E-state index is 3.88. The van der Waals surface area contributed by atoms with Crippen LogP contribution in [0.2, 0.25) is 0 Å². The minimum atomic E-state index is 0. The molecule has 0 spiro atoms. The van der Waals surface area contributed by atoms with Gasteiger partial charge in [0.2, 0.25) is 0 Å². The first-order valence-electron chi connectivity index (χ1n) is 0.309. The van der Waals surface area contributed by atoms with Crippen LogP contribution in [0.5, 0.6) is 0 Å². The predicted molar refractivity (Wildman–Crippen MR) is 28.9 cm³/mol. The zero-order valence-electron chi connectivity index (χ0n) is 1.87. The summed E-state index contributed by atoms with van der Waals surface area (Å²) in [6.07, 6.45) is 0. The fourth-order valence-electron chi connectivity index (χ4n) is 0. The molecule has 0 atom stereocenters. The zero-order chi connectivity index (χ0) is 2.71. The first kappa shape index (κ1) is 9.22. The Balaban J connectivity index is 0. The van der Waals surface area contributed by atoms with Crippen LogP contribution >= 0.6 is 32.5 Å². The van der Waals surface area contributed by atoms with Gasteiger partial charge in [0.25, 0.3) is 0 Å². The van der Waals surface area contributed by atoms with Crippen molar-refractivity contribution in [3.05, 3.63) is 0 Å². The molecule has 0 aromatic heterocycles. The molecule has 0 unspecified atom stereocenters. The van der Waals surface area contributed by atoms with E-state index in [1.54, 1.807) is 0 Å². The molecule has 0 aromatic rings. The summed E-state index contributed by atoms with van der Waals surface area (Å²) in [4.78, 5) is 0. The third kappa shape index (κ3) is 9.28. The normalized spacial score (nSPS) is 4.50. The number of rotatable bonds is 0. The summed E-state index contributed by atoms with van der Waals surface area (Å²) < 4.78 is 3.88. The second-order valence-corrected chi connectivity index (χ2v) is 1.57. The molecule has 0 bridgehead atoms. The van der Waals surface area contributed by atoms with Gasteiger partial charge in [-0.1, -0.05) is 0 Å². The van der Waals surface area contributed by atoms with Crippen molar-refractivity contribution in [1.82, 2.24) is 0 Å². The minimum absolute atomic E-state index is 0. The molecule has 0 N–H and O–H groups in total. The molecule has 28 valence electrons. The Morgan fingerprint density at radius 3 is 1.25 bits per heavy atom. The Bertz CT molecular complexity index is 6.00. The molecule has 0 aromatic carbocycles. The fraction of sp³-hybridized carbons (Fsp3) is 0. The first-order chi connectivity index (χ1) is 1.41. The molecule has 0 aliphatic heterocycles. The quantitative estimate of drug-likeness (QED) is 0.590. The summed E-state index contributed by atoms with van der Waals surface area (Å²) in [5.74, 6) is 0. The van der Waals surface area contributed by atoms with Gasteiger partial charge in [0.1, 0.15) is 32.5 Å². The molecule has 0 saturated heterocycles. The molecule has 0 radical (unpaired) electrons. The molecule has 0 rings (SSSR count). The molecule has 1 nitrogen and oxygen atoms in total. The second-order valence-electron chi connectivity index (χ2n) is 0.0583. The molecule has 0 aliphatic carbocycles. The maximum absolute atomic E-state index is 3.88. The van der Waals surface area contributed by atoms with Crippen LogP contribution in [0.1, 0.15) is 0 Å². The van der Waals surface area contributed by atoms with E-state index in [4.69, 9.17) is 0 Å². The van der Waals surface area contributed by atoms with Gasteiger partial charge in [-0.25, -0.2) is 2.92 Å². The van der Waals surface area contributed by atoms with E-state index in [-0.39, 0.29) is 24.4 Å². The van der Waals surface area contributed by atoms with E-state index < -0.39 is 0 Å². The van der Waals surface area contributed by atoms with Crippen molar-refractivity contribution >= 4 is 56.9 Å². The predicted octanol–water partition coefficient (Wildman–Crippen LogP) is 0.439. The van der Waals surface area contributed by atoms with Gasteiger partial charge in [-0.05, 0) is 0 Å². The SMILES string of the molecule is BrOBr.[SbH3]. The molecule has 0 amide bonds. The molecule has 0 aliphatic rings. The van der Waals surface area contributed by atoms with Crippen LogP contribution in [-0.2, 0) is 2.92 Å². The molecular formula is H3Br2OSb. The van der Waals surface area contributed by atoms with Crippen molar-refractivity contribution < 1.29 is 2.92 Å². The second kappa shape index (κ2) is 8.83. The van der Waals surface area contributed by atoms with Gasteiger partial charge >= 0.3 is 24.4 Å². The van der Waals surface area contributed by atoms with E-state index in [2.05, 4.69) is 35.4 Å². The van der Waals surface area contributed by atoms with Crippen LogP contribution in [-0.4, -0.2) is 24.4 Å². The third-order valence-corrected chi connectivity index (χ3v) is 0. The number of hydrogen-bond donors (Lipinski definition) is 0. The fourth-order valence-corrected chi connectivity index (χ4v) is 0. The van der Waals surface area contributed by atoms with Crippen LogP contribution in [0.3, 0.4) is 0 Å². The van der Waals surface area contributed by atoms with E-state index in [1.807, 2.05) is 0 Å². The first-order valence-corrected chi connectivity index (χ1v) is 1.60. The molecule has 0 heterocycles. The van der Waals surface area contributed by atoms with E-state index >= 15 is 0 Å². The third-order valence-electron chi connectivity index (χ3n) is 0. The van der Waals surface area contributed by atoms with E-state index in [1.165, 1.54) is 0 Å². The summed E-state index contributed by atoms with van der Waals surface area (Å²) >= 11 is 5.12. The van der Waals surface area contributed by atoms with Crippen LogP contribution in [0.15, 0.2) is 0 Å². The Morgan fingerprint density at radius 1 is 1.25 bits per heavy atom. The van der Waals surface area contributed by atoms with E-state index in [0.29, 0.717) is 0 Å². The van der Waals surface area contributed by atoms with Gasteiger partial charge in [-0.2, -0.15) is 0 Å². The topological polar surface area (TPSA) is 9.23 Å². The summed E-state index contributed by atoms with van der Waals surface area (Å²) in [5, 5.41) is 0. The van der Waals surface area contributed by atoms with Crippen LogP contribution in [0.4, 0.5) is 0 Å². The Hall–Kier alpha value is 1.74. The van der Waals surface area contributed by atoms with E-state index in [0.717, 1.165) is 0 Å². The average Bonchev–Trinajstić information content (AvgIpc) is 0.918. The Kier molecular flexibility index (Phi) is 20.4. The van der Waals surface area contributed by atoms with Gasteiger partial charge in [-0.3, -0.25) is 0 Å². The van der Waals surface area contributed by atoms with Crippen LogP contribution in [0, 0.1) is 0 Å². The van der Waals surface area contributed by atoms with E-state index in [9.17, 15) is 0 Å². The zero-order valence-corrected chi connectivity index (χ0v) is 9.08. The van der Waals surface area contributed by atoms with Crippen LogP contribution < -0.4 is 0 Å². The summed E-state index contributed by atoms with van der Waals surface area (Å²) in [7, 11) is 0. The average molecular weight is 301 g/mol. The van der Waals surface area contributed by atoms with Crippen molar-refractivity contribution in [2.45, 2.75) is 0 Å². The van der Waals surface area contributed by atoms with Crippen molar-refractivity contribution in [2.24, 2.45) is 0 Å². The van der Waals surface area contributed by atoms with Gasteiger partial charge < -0.3 is 0 Å². The van der Waals surface area contributed by atoms with Gasteiger partial charge in [0.05, 0.1) is 0 Å². The molecule has 0 saturated carbocycles. The van der Waals surface area contributed by atoms with Crippen molar-refractivity contribution in [1.29, 1.82) is 0 Å². The molecule has 4 heavy (non-hydrogen) atoms. The van der Waals surface area contributed by atoms with Gasteiger partial charge in [-0.15, -0.1) is 0 Å². The molecule has 4 heteroatoms. The monoisotopic (exact) mass is 298 g/mol. The van der Waals surface area contributed by atoms with Crippen molar-refractivity contribution in [3.8, 4) is 0 Å². The van der Waals surface area contributed by atoms with Gasteiger partial charge in [0, 0.05) is 0 Å². The Labute approximate surface area is 59.4 Å². The van der Waals surface area contributed by atoms with Crippen molar-refractivity contribution in [2.75, 3.05) is 0 Å². The summed E-state index contributed by atoms with van der Waals surface area (Å²) in [6.45, 7) is 0. The Morgan fingerprint density at radius 2 is 1.25 bits per heavy atom. The standard InChI is InChI=1S/Br2O.Sb.3H/c1-3-2;;;;. The number of halogens is 2.